The fourth-order valence-electron chi connectivity index (χ4n) is 1.88. The van der Waals surface area contributed by atoms with E-state index in [1.807, 2.05) is 6.92 Å². The first-order chi connectivity index (χ1) is 9.11. The van der Waals surface area contributed by atoms with Gasteiger partial charge in [0, 0.05) is 24.2 Å². The van der Waals surface area contributed by atoms with Crippen molar-refractivity contribution in [2.45, 2.75) is 13.0 Å². The van der Waals surface area contributed by atoms with E-state index in [0.29, 0.717) is 29.6 Å². The zero-order valence-corrected chi connectivity index (χ0v) is 12.9. The topological polar surface area (TPSA) is 59.6 Å². The molecule has 1 saturated heterocycles. The Hall–Kier alpha value is -1.01. The zero-order valence-electron chi connectivity index (χ0n) is 11.4. The number of morpholine rings is 1. The number of nitrogens with one attached hydrogen (secondary N) is 2. The Morgan fingerprint density at radius 1 is 1.55 bits per heavy atom. The number of aryl methyl sites for hydroxylation is 1. The summed E-state index contributed by atoms with van der Waals surface area (Å²) in [6.07, 6.45) is -0.477. The molecule has 7 heteroatoms. The van der Waals surface area contributed by atoms with Gasteiger partial charge in [0.1, 0.15) is 11.9 Å². The molecule has 5 nitrogen and oxygen atoms in total. The van der Waals surface area contributed by atoms with Crippen molar-refractivity contribution in [3.63, 3.8) is 0 Å². The van der Waals surface area contributed by atoms with E-state index in [1.165, 1.54) is 7.11 Å². The highest BCUT2D eigenvalue weighted by Gasteiger charge is 2.22. The number of carbonyl (C=O) groups is 1. The predicted octanol–water partition coefficient (Wildman–Crippen LogP) is 2.01. The molecule has 1 aliphatic heterocycles. The number of carbonyl (C=O) groups excluding carboxylic acids is 1. The van der Waals surface area contributed by atoms with Crippen molar-refractivity contribution in [1.82, 2.24) is 5.32 Å². The molecule has 0 aromatic heterocycles. The van der Waals surface area contributed by atoms with Crippen molar-refractivity contribution in [2.75, 3.05) is 32.1 Å². The number of halogens is 2. The van der Waals surface area contributed by atoms with Gasteiger partial charge in [0.25, 0.3) is 5.91 Å². The van der Waals surface area contributed by atoms with Crippen LogP contribution in [0.2, 0.25) is 5.02 Å². The second kappa shape index (κ2) is 7.69. The highest BCUT2D eigenvalue weighted by atomic mass is 35.5. The smallest absolute Gasteiger partial charge is 0.254 e. The summed E-state index contributed by atoms with van der Waals surface area (Å²) in [7, 11) is 1.54. The largest absolute Gasteiger partial charge is 0.495 e. The second-order valence-electron chi connectivity index (χ2n) is 4.35. The molecule has 1 heterocycles. The fraction of sp³-hybridized carbons (Fsp3) is 0.462. The minimum absolute atomic E-state index is 0. The van der Waals surface area contributed by atoms with Crippen LogP contribution >= 0.6 is 24.0 Å². The molecular formula is C13H18Cl2N2O3. The van der Waals surface area contributed by atoms with Gasteiger partial charge in [-0.2, -0.15) is 0 Å². The number of hydrogen-bond donors (Lipinski definition) is 2. The number of ether oxygens (including phenoxy) is 2. The van der Waals surface area contributed by atoms with E-state index in [0.717, 1.165) is 12.1 Å². The van der Waals surface area contributed by atoms with Crippen molar-refractivity contribution in [3.05, 3.63) is 22.7 Å². The standard InChI is InChI=1S/C13H17ClN2O3.ClH/c1-8-5-10(11(18-2)6-9(8)14)16-13(17)12-7-15-3-4-19-12;/h5-6,12,15H,3-4,7H2,1-2H3,(H,16,17);1H. The van der Waals surface area contributed by atoms with Gasteiger partial charge in [0.2, 0.25) is 0 Å². The third-order valence-electron chi connectivity index (χ3n) is 2.96. The Balaban J connectivity index is 0.00000200. The highest BCUT2D eigenvalue weighted by Crippen LogP contribution is 2.31. The fourth-order valence-corrected chi connectivity index (χ4v) is 2.03. The number of hydrogen-bond acceptors (Lipinski definition) is 4. The normalized spacial score (nSPS) is 18.1. The van der Waals surface area contributed by atoms with Crippen LogP contribution in [0.25, 0.3) is 0 Å². The van der Waals surface area contributed by atoms with Crippen LogP contribution in [0, 0.1) is 6.92 Å². The third-order valence-corrected chi connectivity index (χ3v) is 3.37. The van der Waals surface area contributed by atoms with Gasteiger partial charge in [0.05, 0.1) is 19.4 Å². The molecule has 0 aliphatic carbocycles. The molecule has 2 N–H and O–H groups in total. The van der Waals surface area contributed by atoms with E-state index >= 15 is 0 Å². The van der Waals surface area contributed by atoms with Gasteiger partial charge >= 0.3 is 0 Å². The van der Waals surface area contributed by atoms with Crippen LogP contribution in [0.3, 0.4) is 0 Å². The molecule has 20 heavy (non-hydrogen) atoms. The van der Waals surface area contributed by atoms with Gasteiger partial charge < -0.3 is 20.1 Å². The Kier molecular flexibility index (Phi) is 6.55. The summed E-state index contributed by atoms with van der Waals surface area (Å²) in [4.78, 5) is 12.1. The molecule has 1 fully saturated rings. The van der Waals surface area contributed by atoms with Gasteiger partial charge in [-0.3, -0.25) is 4.79 Å². The van der Waals surface area contributed by atoms with E-state index in [4.69, 9.17) is 21.1 Å². The minimum atomic E-state index is -0.477. The first-order valence-electron chi connectivity index (χ1n) is 6.09. The summed E-state index contributed by atoms with van der Waals surface area (Å²) in [6.45, 7) is 3.69. The molecule has 1 atom stereocenters. The Morgan fingerprint density at radius 3 is 2.90 bits per heavy atom. The lowest BCUT2D eigenvalue weighted by molar-refractivity contribution is -0.128. The number of benzene rings is 1. The Labute approximate surface area is 129 Å². The lowest BCUT2D eigenvalue weighted by atomic mass is 10.2. The first kappa shape index (κ1) is 17.0. The minimum Gasteiger partial charge on any atom is -0.495 e. The van der Waals surface area contributed by atoms with Gasteiger partial charge in [-0.25, -0.2) is 0 Å². The van der Waals surface area contributed by atoms with Crippen LogP contribution in [0.4, 0.5) is 5.69 Å². The van der Waals surface area contributed by atoms with Gasteiger partial charge in [0.15, 0.2) is 0 Å². The van der Waals surface area contributed by atoms with E-state index < -0.39 is 6.10 Å². The van der Waals surface area contributed by atoms with E-state index in [2.05, 4.69) is 10.6 Å². The second-order valence-corrected chi connectivity index (χ2v) is 4.76. The lowest BCUT2D eigenvalue weighted by Gasteiger charge is -2.23. The van der Waals surface area contributed by atoms with Gasteiger partial charge in [-0.1, -0.05) is 11.6 Å². The molecule has 0 bridgehead atoms. The van der Waals surface area contributed by atoms with Crippen molar-refractivity contribution < 1.29 is 14.3 Å². The molecule has 0 saturated carbocycles. The molecule has 1 aromatic rings. The summed E-state index contributed by atoms with van der Waals surface area (Å²) in [6, 6.07) is 3.47. The van der Waals surface area contributed by atoms with E-state index in [9.17, 15) is 4.79 Å². The maximum Gasteiger partial charge on any atom is 0.254 e. The molecule has 0 spiro atoms. The van der Waals surface area contributed by atoms with Crippen LogP contribution in [0.15, 0.2) is 12.1 Å². The van der Waals surface area contributed by atoms with Gasteiger partial charge in [-0.05, 0) is 18.6 Å². The number of methoxy groups -OCH3 is 1. The zero-order chi connectivity index (χ0) is 13.8. The lowest BCUT2D eigenvalue weighted by Crippen LogP contribution is -2.45. The molecular weight excluding hydrogens is 303 g/mol. The van der Waals surface area contributed by atoms with Crippen LogP contribution in [0.5, 0.6) is 5.75 Å². The van der Waals surface area contributed by atoms with Crippen molar-refractivity contribution in [1.29, 1.82) is 0 Å². The number of anilines is 1. The monoisotopic (exact) mass is 320 g/mol. The molecule has 2 rings (SSSR count). The van der Waals surface area contributed by atoms with Crippen molar-refractivity contribution in [3.8, 4) is 5.75 Å². The first-order valence-corrected chi connectivity index (χ1v) is 6.47. The maximum atomic E-state index is 12.1. The van der Waals surface area contributed by atoms with Crippen LogP contribution in [-0.2, 0) is 9.53 Å². The quantitative estimate of drug-likeness (QED) is 0.894. The molecule has 112 valence electrons. The third kappa shape index (κ3) is 3.99. The van der Waals surface area contributed by atoms with Gasteiger partial charge in [-0.15, -0.1) is 12.4 Å². The molecule has 1 aromatic carbocycles. The van der Waals surface area contributed by atoms with E-state index in [-0.39, 0.29) is 18.3 Å². The molecule has 1 amide bonds. The molecule has 0 radical (unpaired) electrons. The Morgan fingerprint density at radius 2 is 2.30 bits per heavy atom. The van der Waals surface area contributed by atoms with Crippen LogP contribution in [0.1, 0.15) is 5.56 Å². The summed E-state index contributed by atoms with van der Waals surface area (Å²) >= 11 is 6.02. The predicted molar refractivity (Wildman–Crippen MR) is 81.2 cm³/mol. The summed E-state index contributed by atoms with van der Waals surface area (Å²) in [5, 5.41) is 6.53. The average molecular weight is 321 g/mol. The summed E-state index contributed by atoms with van der Waals surface area (Å²) < 4.78 is 10.6. The number of amides is 1. The van der Waals surface area contributed by atoms with Crippen molar-refractivity contribution >= 4 is 35.6 Å². The van der Waals surface area contributed by atoms with E-state index in [1.54, 1.807) is 12.1 Å². The summed E-state index contributed by atoms with van der Waals surface area (Å²) in [5.74, 6) is 0.347. The van der Waals surface area contributed by atoms with Crippen LogP contribution < -0.4 is 15.4 Å². The maximum absolute atomic E-state index is 12.1. The average Bonchev–Trinajstić information content (AvgIpc) is 2.43. The molecule has 1 aliphatic rings. The van der Waals surface area contributed by atoms with Crippen LogP contribution in [-0.4, -0.2) is 38.8 Å². The highest BCUT2D eigenvalue weighted by molar-refractivity contribution is 6.31. The SMILES string of the molecule is COc1cc(Cl)c(C)cc1NC(=O)C1CNCCO1.Cl. The Bertz CT molecular complexity index is 477. The molecule has 1 unspecified atom stereocenters. The number of rotatable bonds is 3. The summed E-state index contributed by atoms with van der Waals surface area (Å²) in [5.41, 5.74) is 1.48. The van der Waals surface area contributed by atoms with Crippen molar-refractivity contribution in [2.24, 2.45) is 0 Å².